The van der Waals surface area contributed by atoms with Gasteiger partial charge in [-0.05, 0) is 24.0 Å². The molecule has 1 atom stereocenters. The largest absolute Gasteiger partial charge is 0.393 e. The number of fused-ring (bicyclic) bond motifs is 1. The summed E-state index contributed by atoms with van der Waals surface area (Å²) in [6, 6.07) is 12.1. The third-order valence-corrected chi connectivity index (χ3v) is 2.95. The molecule has 0 amide bonds. The molecule has 1 aromatic carbocycles. The fourth-order valence-corrected chi connectivity index (χ4v) is 2.24. The molecule has 0 bridgehead atoms. The van der Waals surface area contributed by atoms with E-state index in [2.05, 4.69) is 37.9 Å². The van der Waals surface area contributed by atoms with E-state index in [-0.39, 0.29) is 11.5 Å². The summed E-state index contributed by atoms with van der Waals surface area (Å²) in [6.07, 6.45) is 1.10. The lowest BCUT2D eigenvalue weighted by atomic mass is 9.88. The van der Waals surface area contributed by atoms with E-state index in [0.29, 0.717) is 6.42 Å². The van der Waals surface area contributed by atoms with Gasteiger partial charge in [-0.3, -0.25) is 4.98 Å². The summed E-state index contributed by atoms with van der Waals surface area (Å²) in [5, 5.41) is 11.2. The van der Waals surface area contributed by atoms with E-state index in [4.69, 9.17) is 0 Å². The normalized spacial score (nSPS) is 13.8. The van der Waals surface area contributed by atoms with E-state index in [1.54, 1.807) is 0 Å². The number of aromatic nitrogens is 1. The Labute approximate surface area is 109 Å². The minimum absolute atomic E-state index is 0.149. The highest BCUT2D eigenvalue weighted by molar-refractivity contribution is 5.78. The monoisotopic (exact) mass is 243 g/mol. The van der Waals surface area contributed by atoms with Crippen molar-refractivity contribution in [1.29, 1.82) is 0 Å². The van der Waals surface area contributed by atoms with Crippen LogP contribution in [0.5, 0.6) is 0 Å². The molecule has 0 radical (unpaired) electrons. The van der Waals surface area contributed by atoms with Crippen LogP contribution in [0.4, 0.5) is 0 Å². The number of aliphatic hydroxyl groups is 1. The number of rotatable bonds is 3. The fraction of sp³-hybridized carbons (Fsp3) is 0.438. The minimum atomic E-state index is -0.321. The highest BCUT2D eigenvalue weighted by Crippen LogP contribution is 2.22. The van der Waals surface area contributed by atoms with Crippen molar-refractivity contribution in [3.63, 3.8) is 0 Å². The molecule has 1 unspecified atom stereocenters. The van der Waals surface area contributed by atoms with Crippen molar-refractivity contribution in [3.05, 3.63) is 42.1 Å². The van der Waals surface area contributed by atoms with Crippen molar-refractivity contribution in [2.24, 2.45) is 5.41 Å². The van der Waals surface area contributed by atoms with E-state index >= 15 is 0 Å². The van der Waals surface area contributed by atoms with E-state index in [9.17, 15) is 5.11 Å². The second-order valence-electron chi connectivity index (χ2n) is 6.12. The highest BCUT2D eigenvalue weighted by atomic mass is 16.3. The van der Waals surface area contributed by atoms with Crippen LogP contribution in [0, 0.1) is 5.41 Å². The second kappa shape index (κ2) is 5.07. The van der Waals surface area contributed by atoms with E-state index < -0.39 is 0 Å². The van der Waals surface area contributed by atoms with Gasteiger partial charge < -0.3 is 5.11 Å². The van der Waals surface area contributed by atoms with Crippen LogP contribution in [0.2, 0.25) is 0 Å². The number of pyridine rings is 1. The summed E-state index contributed by atoms with van der Waals surface area (Å²) in [4.78, 5) is 4.59. The Morgan fingerprint density at radius 1 is 1.11 bits per heavy atom. The fourth-order valence-electron chi connectivity index (χ4n) is 2.24. The summed E-state index contributed by atoms with van der Waals surface area (Å²) in [6.45, 7) is 6.43. The van der Waals surface area contributed by atoms with Gasteiger partial charge in [0.15, 0.2) is 0 Å². The topological polar surface area (TPSA) is 33.1 Å². The number of aliphatic hydroxyl groups excluding tert-OH is 1. The van der Waals surface area contributed by atoms with Gasteiger partial charge >= 0.3 is 0 Å². The van der Waals surface area contributed by atoms with Crippen molar-refractivity contribution < 1.29 is 5.11 Å². The summed E-state index contributed by atoms with van der Waals surface area (Å²) >= 11 is 0. The Balaban J connectivity index is 2.12. The zero-order chi connectivity index (χ0) is 13.2. The van der Waals surface area contributed by atoms with Crippen molar-refractivity contribution in [2.45, 2.75) is 39.7 Å². The van der Waals surface area contributed by atoms with Gasteiger partial charge in [-0.2, -0.15) is 0 Å². The maximum Gasteiger partial charge on any atom is 0.0705 e. The number of para-hydroxylation sites is 1. The molecule has 1 aromatic heterocycles. The first-order valence-corrected chi connectivity index (χ1v) is 6.47. The Kier molecular flexibility index (Phi) is 3.67. The molecule has 2 aromatic rings. The highest BCUT2D eigenvalue weighted by Gasteiger charge is 2.17. The van der Waals surface area contributed by atoms with Gasteiger partial charge in [0, 0.05) is 17.5 Å². The van der Waals surface area contributed by atoms with Crippen molar-refractivity contribution >= 4 is 10.9 Å². The average molecular weight is 243 g/mol. The third-order valence-electron chi connectivity index (χ3n) is 2.95. The summed E-state index contributed by atoms with van der Waals surface area (Å²) in [5.41, 5.74) is 2.11. The first-order chi connectivity index (χ1) is 8.44. The van der Waals surface area contributed by atoms with Crippen LogP contribution in [0.3, 0.4) is 0 Å². The predicted molar refractivity (Wildman–Crippen MR) is 75.5 cm³/mol. The molecule has 0 fully saturated rings. The molecular formula is C16H21NO. The van der Waals surface area contributed by atoms with Crippen LogP contribution >= 0.6 is 0 Å². The number of hydrogen-bond acceptors (Lipinski definition) is 2. The Bertz CT molecular complexity index is 528. The lowest BCUT2D eigenvalue weighted by molar-refractivity contribution is 0.120. The van der Waals surface area contributed by atoms with E-state index in [0.717, 1.165) is 23.0 Å². The van der Waals surface area contributed by atoms with Crippen LogP contribution in [0.1, 0.15) is 32.9 Å². The second-order valence-corrected chi connectivity index (χ2v) is 6.12. The smallest absolute Gasteiger partial charge is 0.0705 e. The zero-order valence-electron chi connectivity index (χ0n) is 11.4. The molecule has 1 heterocycles. The van der Waals surface area contributed by atoms with E-state index in [1.807, 2.05) is 24.3 Å². The van der Waals surface area contributed by atoms with Gasteiger partial charge in [0.25, 0.3) is 0 Å². The first-order valence-electron chi connectivity index (χ1n) is 6.47. The van der Waals surface area contributed by atoms with Crippen LogP contribution < -0.4 is 0 Å². The van der Waals surface area contributed by atoms with Crippen LogP contribution in [0.15, 0.2) is 36.4 Å². The maximum atomic E-state index is 10.1. The van der Waals surface area contributed by atoms with Gasteiger partial charge in [0.1, 0.15) is 0 Å². The molecule has 0 saturated carbocycles. The summed E-state index contributed by atoms with van der Waals surface area (Å²) in [5.74, 6) is 0. The molecule has 96 valence electrons. The van der Waals surface area contributed by atoms with E-state index in [1.165, 1.54) is 0 Å². The van der Waals surface area contributed by atoms with Crippen LogP contribution in [0.25, 0.3) is 10.9 Å². The molecule has 0 spiro atoms. The SMILES string of the molecule is CC(C)(C)CC(O)Cc1ccc2ccccc2n1. The predicted octanol–water partition coefficient (Wildman–Crippen LogP) is 3.57. The van der Waals surface area contributed by atoms with Gasteiger partial charge in [-0.15, -0.1) is 0 Å². The molecule has 0 aliphatic carbocycles. The number of benzene rings is 1. The van der Waals surface area contributed by atoms with Crippen LogP contribution in [-0.4, -0.2) is 16.2 Å². The Morgan fingerprint density at radius 2 is 1.83 bits per heavy atom. The Hall–Kier alpha value is -1.41. The molecule has 2 nitrogen and oxygen atoms in total. The zero-order valence-corrected chi connectivity index (χ0v) is 11.4. The van der Waals surface area contributed by atoms with Gasteiger partial charge in [0.2, 0.25) is 0 Å². The Morgan fingerprint density at radius 3 is 2.56 bits per heavy atom. The summed E-state index contributed by atoms with van der Waals surface area (Å²) < 4.78 is 0. The van der Waals surface area contributed by atoms with Crippen LogP contribution in [-0.2, 0) is 6.42 Å². The lowest BCUT2D eigenvalue weighted by Crippen LogP contribution is -2.20. The molecule has 0 aliphatic rings. The minimum Gasteiger partial charge on any atom is -0.393 e. The summed E-state index contributed by atoms with van der Waals surface area (Å²) in [7, 11) is 0. The number of nitrogens with zero attached hydrogens (tertiary/aromatic N) is 1. The lowest BCUT2D eigenvalue weighted by Gasteiger charge is -2.22. The average Bonchev–Trinajstić information content (AvgIpc) is 2.26. The van der Waals surface area contributed by atoms with Crippen molar-refractivity contribution in [1.82, 2.24) is 4.98 Å². The maximum absolute atomic E-state index is 10.1. The van der Waals surface area contributed by atoms with Gasteiger partial charge in [-0.25, -0.2) is 0 Å². The molecule has 2 heteroatoms. The quantitative estimate of drug-likeness (QED) is 0.894. The standard InChI is InChI=1S/C16H21NO/c1-16(2,3)11-14(18)10-13-9-8-12-6-4-5-7-15(12)17-13/h4-9,14,18H,10-11H2,1-3H3. The van der Waals surface area contributed by atoms with Gasteiger partial charge in [0.05, 0.1) is 11.6 Å². The van der Waals surface area contributed by atoms with Crippen molar-refractivity contribution in [3.8, 4) is 0 Å². The molecule has 2 rings (SSSR count). The molecule has 0 aliphatic heterocycles. The van der Waals surface area contributed by atoms with Gasteiger partial charge in [-0.1, -0.05) is 45.0 Å². The molecule has 0 saturated heterocycles. The molecular weight excluding hydrogens is 222 g/mol. The first kappa shape index (κ1) is 13.0. The third kappa shape index (κ3) is 3.54. The molecule has 1 N–H and O–H groups in total. The van der Waals surface area contributed by atoms with Crippen molar-refractivity contribution in [2.75, 3.05) is 0 Å². The molecule has 18 heavy (non-hydrogen) atoms. The number of hydrogen-bond donors (Lipinski definition) is 1.